The minimum Gasteiger partial charge on any atom is -0.356 e. The number of carbonyl (C=O) groups excluding carboxylic acids is 2. The third-order valence-corrected chi connectivity index (χ3v) is 5.00. The van der Waals surface area contributed by atoms with E-state index in [0.717, 1.165) is 24.2 Å². The topological polar surface area (TPSA) is 62.3 Å². The number of amides is 2. The van der Waals surface area contributed by atoms with Gasteiger partial charge < -0.3 is 10.2 Å². The molecule has 2 aromatic rings. The molecule has 2 amide bonds. The number of benzene rings is 1. The Kier molecular flexibility index (Phi) is 6.22. The van der Waals surface area contributed by atoms with Gasteiger partial charge in [0, 0.05) is 37.1 Å². The van der Waals surface area contributed by atoms with E-state index in [1.165, 1.54) is 5.56 Å². The van der Waals surface area contributed by atoms with Gasteiger partial charge in [0.05, 0.1) is 5.92 Å². The van der Waals surface area contributed by atoms with E-state index in [1.807, 2.05) is 30.3 Å². The quantitative estimate of drug-likeness (QED) is 0.766. The molecular formula is C22H27N3O2. The molecule has 5 heteroatoms. The first-order valence-corrected chi connectivity index (χ1v) is 9.62. The minimum atomic E-state index is -0.280. The molecule has 1 aliphatic rings. The molecule has 5 nitrogen and oxygen atoms in total. The third kappa shape index (κ3) is 4.94. The van der Waals surface area contributed by atoms with E-state index in [-0.39, 0.29) is 24.2 Å². The summed E-state index contributed by atoms with van der Waals surface area (Å²) < 4.78 is 0. The molecule has 1 atom stereocenters. The van der Waals surface area contributed by atoms with Crippen molar-refractivity contribution >= 4 is 17.5 Å². The summed E-state index contributed by atoms with van der Waals surface area (Å²) in [5.74, 6) is 0.154. The van der Waals surface area contributed by atoms with Gasteiger partial charge in [0.1, 0.15) is 0 Å². The molecule has 1 fully saturated rings. The number of nitrogens with one attached hydrogen (secondary N) is 1. The third-order valence-electron chi connectivity index (χ3n) is 5.00. The van der Waals surface area contributed by atoms with Gasteiger partial charge in [-0.2, -0.15) is 0 Å². The lowest BCUT2D eigenvalue weighted by Gasteiger charge is -2.17. The summed E-state index contributed by atoms with van der Waals surface area (Å²) >= 11 is 0. The summed E-state index contributed by atoms with van der Waals surface area (Å²) in [6.07, 6.45) is 3.72. The van der Waals surface area contributed by atoms with Crippen LogP contribution in [0, 0.1) is 5.92 Å². The fourth-order valence-corrected chi connectivity index (χ4v) is 3.34. The lowest BCUT2D eigenvalue weighted by atomic mass is 10.0. The highest BCUT2D eigenvalue weighted by molar-refractivity contribution is 6.00. The standard InChI is InChI=1S/C22H27N3O2/c1-16(2)17-8-10-20(11-9-17)25-15-18(14-21(25)26)22(27)24-13-5-7-19-6-3-4-12-23-19/h3-4,6,8-12,16,18H,5,7,13-15H2,1-2H3,(H,24,27)/t18-/m0/s1. The predicted octanol–water partition coefficient (Wildman–Crippen LogP) is 3.31. The number of rotatable bonds is 7. The highest BCUT2D eigenvalue weighted by Crippen LogP contribution is 2.26. The maximum Gasteiger partial charge on any atom is 0.227 e. The SMILES string of the molecule is CC(C)c1ccc(N2C[C@@H](C(=O)NCCCc3ccccn3)CC2=O)cc1. The van der Waals surface area contributed by atoms with Gasteiger partial charge in [-0.05, 0) is 48.6 Å². The fraction of sp³-hybridized carbons (Fsp3) is 0.409. The van der Waals surface area contributed by atoms with Crippen molar-refractivity contribution in [3.05, 3.63) is 59.9 Å². The van der Waals surface area contributed by atoms with Crippen molar-refractivity contribution in [3.8, 4) is 0 Å². The zero-order chi connectivity index (χ0) is 19.2. The van der Waals surface area contributed by atoms with Crippen LogP contribution in [0.5, 0.6) is 0 Å². The van der Waals surface area contributed by atoms with E-state index in [4.69, 9.17) is 0 Å². The molecule has 0 saturated carbocycles. The zero-order valence-corrected chi connectivity index (χ0v) is 16.0. The predicted molar refractivity (Wildman–Crippen MR) is 107 cm³/mol. The molecule has 0 radical (unpaired) electrons. The molecule has 1 aromatic heterocycles. The van der Waals surface area contributed by atoms with Crippen molar-refractivity contribution in [2.45, 2.75) is 39.0 Å². The van der Waals surface area contributed by atoms with Gasteiger partial charge in [0.15, 0.2) is 0 Å². The van der Waals surface area contributed by atoms with Gasteiger partial charge in [0.2, 0.25) is 11.8 Å². The minimum absolute atomic E-state index is 0.0148. The average Bonchev–Trinajstić information content (AvgIpc) is 3.08. The van der Waals surface area contributed by atoms with Gasteiger partial charge in [-0.3, -0.25) is 14.6 Å². The summed E-state index contributed by atoms with van der Waals surface area (Å²) in [6.45, 7) is 5.34. The van der Waals surface area contributed by atoms with Crippen LogP contribution in [0.25, 0.3) is 0 Å². The van der Waals surface area contributed by atoms with Crippen molar-refractivity contribution in [2.24, 2.45) is 5.92 Å². The first-order valence-electron chi connectivity index (χ1n) is 9.62. The maximum atomic E-state index is 12.4. The van der Waals surface area contributed by atoms with Crippen LogP contribution in [0.1, 0.15) is 43.9 Å². The Morgan fingerprint density at radius 1 is 1.22 bits per heavy atom. The number of aromatic nitrogens is 1. The Balaban J connectivity index is 1.48. The first kappa shape index (κ1) is 19.1. The van der Waals surface area contributed by atoms with E-state index >= 15 is 0 Å². The van der Waals surface area contributed by atoms with Gasteiger partial charge in [-0.15, -0.1) is 0 Å². The molecule has 1 saturated heterocycles. The molecule has 1 N–H and O–H groups in total. The molecule has 0 unspecified atom stereocenters. The Morgan fingerprint density at radius 2 is 2.00 bits per heavy atom. The number of carbonyl (C=O) groups is 2. The van der Waals surface area contributed by atoms with Gasteiger partial charge >= 0.3 is 0 Å². The Labute approximate surface area is 160 Å². The molecule has 27 heavy (non-hydrogen) atoms. The highest BCUT2D eigenvalue weighted by Gasteiger charge is 2.34. The lowest BCUT2D eigenvalue weighted by Crippen LogP contribution is -2.33. The summed E-state index contributed by atoms with van der Waals surface area (Å²) in [5.41, 5.74) is 3.14. The van der Waals surface area contributed by atoms with E-state index in [0.29, 0.717) is 19.0 Å². The van der Waals surface area contributed by atoms with E-state index in [1.54, 1.807) is 11.1 Å². The summed E-state index contributed by atoms with van der Waals surface area (Å²) in [6, 6.07) is 13.9. The van der Waals surface area contributed by atoms with Crippen molar-refractivity contribution in [2.75, 3.05) is 18.0 Å². The van der Waals surface area contributed by atoms with Crippen LogP contribution in [-0.4, -0.2) is 29.9 Å². The normalized spacial score (nSPS) is 16.8. The molecule has 1 aliphatic heterocycles. The maximum absolute atomic E-state index is 12.4. The van der Waals surface area contributed by atoms with Gasteiger partial charge in [0.25, 0.3) is 0 Å². The fourth-order valence-electron chi connectivity index (χ4n) is 3.34. The summed E-state index contributed by atoms with van der Waals surface area (Å²) in [7, 11) is 0. The van der Waals surface area contributed by atoms with Crippen molar-refractivity contribution in [1.29, 1.82) is 0 Å². The van der Waals surface area contributed by atoms with Crippen molar-refractivity contribution in [1.82, 2.24) is 10.3 Å². The number of aryl methyl sites for hydroxylation is 1. The average molecular weight is 365 g/mol. The zero-order valence-electron chi connectivity index (χ0n) is 16.0. The smallest absolute Gasteiger partial charge is 0.227 e. The van der Waals surface area contributed by atoms with Crippen LogP contribution < -0.4 is 10.2 Å². The molecule has 0 aliphatic carbocycles. The van der Waals surface area contributed by atoms with E-state index in [2.05, 4.69) is 36.3 Å². The number of hydrogen-bond donors (Lipinski definition) is 1. The van der Waals surface area contributed by atoms with Crippen LogP contribution in [0.2, 0.25) is 0 Å². The second-order valence-corrected chi connectivity index (χ2v) is 7.37. The second kappa shape index (κ2) is 8.80. The molecule has 142 valence electrons. The Morgan fingerprint density at radius 3 is 2.67 bits per heavy atom. The largest absolute Gasteiger partial charge is 0.356 e. The van der Waals surface area contributed by atoms with Crippen molar-refractivity contribution in [3.63, 3.8) is 0 Å². The number of hydrogen-bond acceptors (Lipinski definition) is 3. The van der Waals surface area contributed by atoms with Crippen LogP contribution >= 0.6 is 0 Å². The van der Waals surface area contributed by atoms with Crippen LogP contribution in [0.15, 0.2) is 48.7 Å². The summed E-state index contributed by atoms with van der Waals surface area (Å²) in [4.78, 5) is 30.8. The molecule has 0 spiro atoms. The first-order chi connectivity index (χ1) is 13.0. The molecular weight excluding hydrogens is 338 g/mol. The molecule has 0 bridgehead atoms. The Bertz CT molecular complexity index is 772. The molecule has 3 rings (SSSR count). The number of nitrogens with zero attached hydrogens (tertiary/aromatic N) is 2. The van der Waals surface area contributed by atoms with Crippen LogP contribution in [-0.2, 0) is 16.0 Å². The number of anilines is 1. The van der Waals surface area contributed by atoms with E-state index in [9.17, 15) is 9.59 Å². The highest BCUT2D eigenvalue weighted by atomic mass is 16.2. The van der Waals surface area contributed by atoms with Crippen molar-refractivity contribution < 1.29 is 9.59 Å². The van der Waals surface area contributed by atoms with Gasteiger partial charge in [-0.1, -0.05) is 32.0 Å². The lowest BCUT2D eigenvalue weighted by molar-refractivity contribution is -0.126. The number of pyridine rings is 1. The second-order valence-electron chi connectivity index (χ2n) is 7.37. The summed E-state index contributed by atoms with van der Waals surface area (Å²) in [5, 5.41) is 2.97. The Hall–Kier alpha value is -2.69. The molecule has 1 aromatic carbocycles. The van der Waals surface area contributed by atoms with Gasteiger partial charge in [-0.25, -0.2) is 0 Å². The van der Waals surface area contributed by atoms with E-state index < -0.39 is 0 Å². The van der Waals surface area contributed by atoms with Crippen LogP contribution in [0.3, 0.4) is 0 Å². The molecule has 2 heterocycles. The monoisotopic (exact) mass is 365 g/mol. The van der Waals surface area contributed by atoms with Crippen LogP contribution in [0.4, 0.5) is 5.69 Å².